The molecule has 1 aliphatic heterocycles. The van der Waals surface area contributed by atoms with Crippen LogP contribution in [0.2, 0.25) is 0 Å². The van der Waals surface area contributed by atoms with Crippen LogP contribution in [-0.2, 0) is 14.3 Å². The van der Waals surface area contributed by atoms with Crippen molar-refractivity contribution in [3.63, 3.8) is 0 Å². The Bertz CT molecular complexity index is 460. The molecule has 0 saturated carbocycles. The van der Waals surface area contributed by atoms with Gasteiger partial charge in [0.05, 0.1) is 26.4 Å². The fraction of sp³-hybridized carbons (Fsp3) is 0.960. The molecule has 1 rings (SSSR count). The molecule has 0 bridgehead atoms. The zero-order chi connectivity index (χ0) is 25.6. The molecule has 204 valence electrons. The highest BCUT2D eigenvalue weighted by atomic mass is 16.6. The van der Waals surface area contributed by atoms with Gasteiger partial charge >= 0.3 is 5.97 Å². The number of ether oxygens (including phenoxy) is 2. The molecule has 0 radical (unpaired) electrons. The Kier molecular flexibility index (Phi) is 22.1. The van der Waals surface area contributed by atoms with E-state index in [0.29, 0.717) is 6.42 Å². The van der Waals surface area contributed by atoms with E-state index in [-0.39, 0.29) is 25.8 Å². The third kappa shape index (κ3) is 16.8. The number of rotatable bonds is 19. The molecular weight excluding hydrogens is 444 g/mol. The molecule has 0 aromatic rings. The highest BCUT2D eigenvalue weighted by Gasteiger charge is 2.41. The van der Waals surface area contributed by atoms with E-state index in [9.17, 15) is 20.1 Å². The largest absolute Gasteiger partial charge is 0.457 e. The molecule has 0 aliphatic carbocycles. The van der Waals surface area contributed by atoms with Gasteiger partial charge in [-0.15, -0.1) is 0 Å². The Balaban J connectivity index is 0.00000160. The van der Waals surface area contributed by atoms with Gasteiger partial charge in [-0.05, 0) is 6.42 Å². The molecule has 1 aliphatic rings. The molecule has 1 saturated heterocycles. The standard InChI is InChI=1S/C22H42O6.C3H8O3/c1-2-3-4-5-6-7-8-9-10-11-12-13-14-15-20(25)28-19(16-23)22-21(26)18(24)17-27-22;4-1-3(6)2-5/h18-19,21-24,26H,2-17H2,1H3;3-6H,1-2H2/t18-,19+,21+,22+;/m0./s1. The molecule has 0 amide bonds. The summed E-state index contributed by atoms with van der Waals surface area (Å²) < 4.78 is 10.4. The number of aliphatic hydroxyl groups excluding tert-OH is 6. The van der Waals surface area contributed by atoms with Crippen LogP contribution in [0, 0.1) is 0 Å². The predicted molar refractivity (Wildman–Crippen MR) is 129 cm³/mol. The Morgan fingerprint density at radius 3 is 1.65 bits per heavy atom. The zero-order valence-electron chi connectivity index (χ0n) is 21.0. The van der Waals surface area contributed by atoms with Crippen LogP contribution in [0.5, 0.6) is 0 Å². The summed E-state index contributed by atoms with van der Waals surface area (Å²) in [7, 11) is 0. The molecule has 9 nitrogen and oxygen atoms in total. The van der Waals surface area contributed by atoms with E-state index >= 15 is 0 Å². The smallest absolute Gasteiger partial charge is 0.306 e. The monoisotopic (exact) mass is 494 g/mol. The zero-order valence-corrected chi connectivity index (χ0v) is 21.0. The Hall–Kier alpha value is -0.810. The lowest BCUT2D eigenvalue weighted by atomic mass is 10.0. The van der Waals surface area contributed by atoms with Crippen molar-refractivity contribution in [3.05, 3.63) is 0 Å². The van der Waals surface area contributed by atoms with Crippen LogP contribution in [0.3, 0.4) is 0 Å². The maximum atomic E-state index is 11.9. The van der Waals surface area contributed by atoms with Gasteiger partial charge in [0.15, 0.2) is 6.10 Å². The highest BCUT2D eigenvalue weighted by Crippen LogP contribution is 2.20. The second-order valence-corrected chi connectivity index (χ2v) is 9.08. The molecule has 1 heterocycles. The molecule has 0 unspecified atom stereocenters. The Morgan fingerprint density at radius 1 is 0.824 bits per heavy atom. The fourth-order valence-corrected chi connectivity index (χ4v) is 3.73. The highest BCUT2D eigenvalue weighted by molar-refractivity contribution is 5.69. The Labute approximate surface area is 205 Å². The maximum absolute atomic E-state index is 11.9. The quantitative estimate of drug-likeness (QED) is 0.116. The van der Waals surface area contributed by atoms with Crippen molar-refractivity contribution >= 4 is 5.97 Å². The lowest BCUT2D eigenvalue weighted by molar-refractivity contribution is -0.162. The molecule has 4 atom stereocenters. The van der Waals surface area contributed by atoms with Gasteiger partial charge in [-0.25, -0.2) is 0 Å². The summed E-state index contributed by atoms with van der Waals surface area (Å²) in [4.78, 5) is 11.9. The van der Waals surface area contributed by atoms with Gasteiger partial charge in [0.25, 0.3) is 0 Å². The lowest BCUT2D eigenvalue weighted by Crippen LogP contribution is -2.43. The van der Waals surface area contributed by atoms with Crippen molar-refractivity contribution in [2.24, 2.45) is 0 Å². The minimum Gasteiger partial charge on any atom is -0.457 e. The number of unbranched alkanes of at least 4 members (excludes halogenated alkanes) is 12. The molecule has 9 heteroatoms. The number of hydrogen-bond donors (Lipinski definition) is 6. The van der Waals surface area contributed by atoms with Crippen LogP contribution in [-0.4, -0.2) is 93.6 Å². The van der Waals surface area contributed by atoms with E-state index in [1.54, 1.807) is 0 Å². The summed E-state index contributed by atoms with van der Waals surface area (Å²) in [5, 5.41) is 52.7. The summed E-state index contributed by atoms with van der Waals surface area (Å²) in [6.45, 7) is 1.07. The van der Waals surface area contributed by atoms with Crippen molar-refractivity contribution in [2.75, 3.05) is 26.4 Å². The predicted octanol–water partition coefficient (Wildman–Crippen LogP) is 1.82. The van der Waals surface area contributed by atoms with Gasteiger partial charge in [-0.2, -0.15) is 0 Å². The third-order valence-corrected chi connectivity index (χ3v) is 5.93. The van der Waals surface area contributed by atoms with Gasteiger partial charge in [0, 0.05) is 6.42 Å². The van der Waals surface area contributed by atoms with E-state index in [0.717, 1.165) is 19.3 Å². The topological polar surface area (TPSA) is 157 Å². The number of carbonyl (C=O) groups is 1. The van der Waals surface area contributed by atoms with Crippen LogP contribution in [0.1, 0.15) is 96.8 Å². The Morgan fingerprint density at radius 2 is 1.29 bits per heavy atom. The normalized spacial score (nSPS) is 20.8. The van der Waals surface area contributed by atoms with Gasteiger partial charge in [0.2, 0.25) is 0 Å². The fourth-order valence-electron chi connectivity index (χ4n) is 3.73. The minimum atomic E-state index is -1.14. The molecule has 34 heavy (non-hydrogen) atoms. The first-order chi connectivity index (χ1) is 16.4. The van der Waals surface area contributed by atoms with Crippen LogP contribution in [0.4, 0.5) is 0 Å². The van der Waals surface area contributed by atoms with Gasteiger partial charge in [-0.3, -0.25) is 4.79 Å². The average molecular weight is 495 g/mol. The summed E-state index contributed by atoms with van der Waals surface area (Å²) >= 11 is 0. The van der Waals surface area contributed by atoms with Crippen LogP contribution in [0.25, 0.3) is 0 Å². The molecule has 1 fully saturated rings. The summed E-state index contributed by atoms with van der Waals surface area (Å²) in [5.41, 5.74) is 0. The van der Waals surface area contributed by atoms with Crippen molar-refractivity contribution < 1.29 is 44.9 Å². The number of aliphatic hydroxyl groups is 6. The second kappa shape index (κ2) is 22.6. The van der Waals surface area contributed by atoms with E-state index in [4.69, 9.17) is 24.8 Å². The van der Waals surface area contributed by atoms with Crippen LogP contribution >= 0.6 is 0 Å². The minimum absolute atomic E-state index is 0.0151. The third-order valence-electron chi connectivity index (χ3n) is 5.93. The number of carbonyl (C=O) groups excluding carboxylic acids is 1. The molecule has 0 spiro atoms. The first-order valence-electron chi connectivity index (χ1n) is 13.1. The first kappa shape index (κ1) is 33.2. The van der Waals surface area contributed by atoms with Crippen LogP contribution < -0.4 is 0 Å². The second-order valence-electron chi connectivity index (χ2n) is 9.08. The molecule has 0 aromatic heterocycles. The molecule has 0 aromatic carbocycles. The maximum Gasteiger partial charge on any atom is 0.306 e. The van der Waals surface area contributed by atoms with Crippen LogP contribution in [0.15, 0.2) is 0 Å². The van der Waals surface area contributed by atoms with Gasteiger partial charge < -0.3 is 40.1 Å². The van der Waals surface area contributed by atoms with Crippen molar-refractivity contribution in [1.82, 2.24) is 0 Å². The van der Waals surface area contributed by atoms with E-state index in [2.05, 4.69) is 6.92 Å². The van der Waals surface area contributed by atoms with Gasteiger partial charge in [0.1, 0.15) is 24.4 Å². The number of esters is 1. The van der Waals surface area contributed by atoms with Gasteiger partial charge in [-0.1, -0.05) is 84.0 Å². The van der Waals surface area contributed by atoms with Crippen molar-refractivity contribution in [2.45, 2.75) is 127 Å². The molecular formula is C25H50O9. The van der Waals surface area contributed by atoms with E-state index in [1.807, 2.05) is 0 Å². The van der Waals surface area contributed by atoms with Crippen molar-refractivity contribution in [3.8, 4) is 0 Å². The number of hydrogen-bond acceptors (Lipinski definition) is 9. The average Bonchev–Trinajstić information content (AvgIpc) is 3.18. The summed E-state index contributed by atoms with van der Waals surface area (Å²) in [5.74, 6) is -0.390. The molecule has 6 N–H and O–H groups in total. The SMILES string of the molecule is CCCCCCCCCCCCCCCC(=O)O[C@H](CO)[C@H]1OC[C@H](O)[C@H]1O.OCC(O)CO. The first-order valence-corrected chi connectivity index (χ1v) is 13.1. The van der Waals surface area contributed by atoms with E-state index < -0.39 is 37.1 Å². The lowest BCUT2D eigenvalue weighted by Gasteiger charge is -2.24. The van der Waals surface area contributed by atoms with Crippen molar-refractivity contribution in [1.29, 1.82) is 0 Å². The summed E-state index contributed by atoms with van der Waals surface area (Å²) in [6.07, 6.45) is 11.6. The van der Waals surface area contributed by atoms with E-state index in [1.165, 1.54) is 64.2 Å². The summed E-state index contributed by atoms with van der Waals surface area (Å²) in [6, 6.07) is 0.